The van der Waals surface area contributed by atoms with E-state index in [-0.39, 0.29) is 23.0 Å². The van der Waals surface area contributed by atoms with Gasteiger partial charge < -0.3 is 15.1 Å². The van der Waals surface area contributed by atoms with E-state index in [9.17, 15) is 19.7 Å². The molecule has 3 aromatic carbocycles. The van der Waals surface area contributed by atoms with Crippen LogP contribution in [0.15, 0.2) is 71.1 Å². The zero-order chi connectivity index (χ0) is 22.8. The number of amides is 2. The quantitative estimate of drug-likeness (QED) is 0.323. The van der Waals surface area contributed by atoms with E-state index in [1.807, 2.05) is 19.9 Å². The molecule has 2 amide bonds. The number of para-hydroxylation sites is 1. The van der Waals surface area contributed by atoms with Crippen LogP contribution in [0, 0.1) is 24.0 Å². The SMILES string of the molecule is Cc1cc(C)cc(C(=O)Nc2c(C(=O)Nc3ccc([N+](=O)[O-])cc3)oc3ccccc23)c1. The monoisotopic (exact) mass is 429 g/mol. The van der Waals surface area contributed by atoms with Gasteiger partial charge in [-0.05, 0) is 50.2 Å². The van der Waals surface area contributed by atoms with Gasteiger partial charge in [0.05, 0.1) is 4.92 Å². The highest BCUT2D eigenvalue weighted by molar-refractivity contribution is 6.16. The predicted molar refractivity (Wildman–Crippen MR) is 121 cm³/mol. The smallest absolute Gasteiger partial charge is 0.293 e. The summed E-state index contributed by atoms with van der Waals surface area (Å²) in [5.74, 6) is -1.03. The summed E-state index contributed by atoms with van der Waals surface area (Å²) in [6, 6.07) is 17.9. The van der Waals surface area contributed by atoms with Crippen molar-refractivity contribution in [3.05, 3.63) is 99.3 Å². The van der Waals surface area contributed by atoms with Crippen LogP contribution in [0.1, 0.15) is 32.0 Å². The third-order valence-corrected chi connectivity index (χ3v) is 4.86. The molecule has 0 aliphatic heterocycles. The van der Waals surface area contributed by atoms with Crippen LogP contribution in [0.3, 0.4) is 0 Å². The maximum atomic E-state index is 13.0. The summed E-state index contributed by atoms with van der Waals surface area (Å²) >= 11 is 0. The number of nitro groups is 1. The topological polar surface area (TPSA) is 114 Å². The first-order chi connectivity index (χ1) is 15.3. The van der Waals surface area contributed by atoms with Crippen molar-refractivity contribution in [2.24, 2.45) is 0 Å². The molecule has 0 fully saturated rings. The number of carbonyl (C=O) groups excluding carboxylic acids is 2. The molecule has 32 heavy (non-hydrogen) atoms. The Bertz CT molecular complexity index is 1340. The first-order valence-corrected chi connectivity index (χ1v) is 9.79. The molecule has 0 saturated carbocycles. The standard InChI is InChI=1S/C24H19N3O5/c1-14-11-15(2)13-16(12-14)23(28)26-21-19-5-3-4-6-20(19)32-22(21)24(29)25-17-7-9-18(10-8-17)27(30)31/h3-13H,1-2H3,(H,25,29)(H,26,28). The van der Waals surface area contributed by atoms with E-state index in [1.54, 1.807) is 36.4 Å². The minimum Gasteiger partial charge on any atom is -0.449 e. The summed E-state index contributed by atoms with van der Waals surface area (Å²) in [4.78, 5) is 36.2. The molecule has 4 rings (SSSR count). The Labute approximate surface area is 183 Å². The molecule has 0 radical (unpaired) electrons. The largest absolute Gasteiger partial charge is 0.449 e. The zero-order valence-electron chi connectivity index (χ0n) is 17.3. The predicted octanol–water partition coefficient (Wildman–Crippen LogP) is 5.46. The number of anilines is 2. The van der Waals surface area contributed by atoms with E-state index in [4.69, 9.17) is 4.42 Å². The van der Waals surface area contributed by atoms with E-state index >= 15 is 0 Å². The first kappa shape index (κ1) is 20.8. The molecular weight excluding hydrogens is 410 g/mol. The Hall–Kier alpha value is -4.46. The van der Waals surface area contributed by atoms with Crippen molar-refractivity contribution in [3.8, 4) is 0 Å². The molecule has 0 saturated heterocycles. The molecular formula is C24H19N3O5. The molecule has 8 heteroatoms. The van der Waals surface area contributed by atoms with Crippen LogP contribution in [-0.4, -0.2) is 16.7 Å². The highest BCUT2D eigenvalue weighted by atomic mass is 16.6. The normalized spacial score (nSPS) is 10.7. The highest BCUT2D eigenvalue weighted by Crippen LogP contribution is 2.32. The van der Waals surface area contributed by atoms with Crippen LogP contribution in [0.4, 0.5) is 17.1 Å². The van der Waals surface area contributed by atoms with Crippen molar-refractivity contribution in [3.63, 3.8) is 0 Å². The molecule has 2 N–H and O–H groups in total. The van der Waals surface area contributed by atoms with Gasteiger partial charge in [-0.1, -0.05) is 29.3 Å². The average molecular weight is 429 g/mol. The molecule has 0 bridgehead atoms. The van der Waals surface area contributed by atoms with Gasteiger partial charge in [-0.2, -0.15) is 0 Å². The number of benzene rings is 3. The van der Waals surface area contributed by atoms with Gasteiger partial charge >= 0.3 is 0 Å². The second kappa shape index (κ2) is 8.35. The van der Waals surface area contributed by atoms with Crippen LogP contribution in [0.2, 0.25) is 0 Å². The number of fused-ring (bicyclic) bond motifs is 1. The van der Waals surface area contributed by atoms with Crippen LogP contribution >= 0.6 is 0 Å². The number of nitrogens with one attached hydrogen (secondary N) is 2. The summed E-state index contributed by atoms with van der Waals surface area (Å²) in [7, 11) is 0. The maximum Gasteiger partial charge on any atom is 0.293 e. The van der Waals surface area contributed by atoms with Crippen molar-refractivity contribution in [2.75, 3.05) is 10.6 Å². The van der Waals surface area contributed by atoms with Gasteiger partial charge in [-0.25, -0.2) is 0 Å². The third kappa shape index (κ3) is 4.20. The minimum absolute atomic E-state index is 0.0673. The number of carbonyl (C=O) groups is 2. The Morgan fingerprint density at radius 1 is 0.875 bits per heavy atom. The fourth-order valence-electron chi connectivity index (χ4n) is 3.48. The molecule has 160 valence electrons. The van der Waals surface area contributed by atoms with E-state index in [1.165, 1.54) is 24.3 Å². The number of hydrogen-bond acceptors (Lipinski definition) is 5. The number of nitro benzene ring substituents is 1. The van der Waals surface area contributed by atoms with E-state index in [0.717, 1.165) is 11.1 Å². The first-order valence-electron chi connectivity index (χ1n) is 9.79. The van der Waals surface area contributed by atoms with Crippen molar-refractivity contribution in [2.45, 2.75) is 13.8 Å². The fraction of sp³-hybridized carbons (Fsp3) is 0.0833. The van der Waals surface area contributed by atoms with Crippen LogP contribution in [-0.2, 0) is 0 Å². The lowest BCUT2D eigenvalue weighted by molar-refractivity contribution is -0.384. The molecule has 8 nitrogen and oxygen atoms in total. The van der Waals surface area contributed by atoms with Crippen LogP contribution in [0.5, 0.6) is 0 Å². The number of rotatable bonds is 5. The number of nitrogens with zero attached hydrogens (tertiary/aromatic N) is 1. The van der Waals surface area contributed by atoms with E-state index in [0.29, 0.717) is 22.2 Å². The highest BCUT2D eigenvalue weighted by Gasteiger charge is 2.23. The van der Waals surface area contributed by atoms with Gasteiger partial charge in [-0.15, -0.1) is 0 Å². The molecule has 0 aliphatic rings. The van der Waals surface area contributed by atoms with Crippen molar-refractivity contribution >= 4 is 39.8 Å². The summed E-state index contributed by atoms with van der Waals surface area (Å²) in [6.07, 6.45) is 0. The Balaban J connectivity index is 1.67. The number of furan rings is 1. The van der Waals surface area contributed by atoms with Crippen LogP contribution < -0.4 is 10.6 Å². The molecule has 0 atom stereocenters. The number of aryl methyl sites for hydroxylation is 2. The minimum atomic E-state index is -0.592. The second-order valence-electron chi connectivity index (χ2n) is 7.39. The van der Waals surface area contributed by atoms with Crippen molar-refractivity contribution in [1.82, 2.24) is 0 Å². The lowest BCUT2D eigenvalue weighted by Gasteiger charge is -2.09. The summed E-state index contributed by atoms with van der Waals surface area (Å²) < 4.78 is 5.74. The van der Waals surface area contributed by atoms with Gasteiger partial charge in [0.2, 0.25) is 5.76 Å². The lowest BCUT2D eigenvalue weighted by Crippen LogP contribution is -2.17. The summed E-state index contributed by atoms with van der Waals surface area (Å²) in [6.45, 7) is 3.81. The summed E-state index contributed by atoms with van der Waals surface area (Å²) in [5.41, 5.74) is 3.32. The number of hydrogen-bond donors (Lipinski definition) is 2. The molecule has 4 aromatic rings. The van der Waals surface area contributed by atoms with Crippen molar-refractivity contribution < 1.29 is 18.9 Å². The van der Waals surface area contributed by atoms with Crippen LogP contribution in [0.25, 0.3) is 11.0 Å². The van der Waals surface area contributed by atoms with Gasteiger partial charge in [0, 0.05) is 28.8 Å². The van der Waals surface area contributed by atoms with E-state index in [2.05, 4.69) is 10.6 Å². The Morgan fingerprint density at radius 3 is 2.19 bits per heavy atom. The fourth-order valence-corrected chi connectivity index (χ4v) is 3.48. The zero-order valence-corrected chi connectivity index (χ0v) is 17.3. The maximum absolute atomic E-state index is 13.0. The lowest BCUT2D eigenvalue weighted by atomic mass is 10.1. The molecule has 0 spiro atoms. The molecule has 1 heterocycles. The second-order valence-corrected chi connectivity index (χ2v) is 7.39. The third-order valence-electron chi connectivity index (χ3n) is 4.86. The Kier molecular flexibility index (Phi) is 5.43. The summed E-state index contributed by atoms with van der Waals surface area (Å²) in [5, 5.41) is 16.9. The van der Waals surface area contributed by atoms with Gasteiger partial charge in [0.25, 0.3) is 17.5 Å². The molecule has 1 aromatic heterocycles. The van der Waals surface area contributed by atoms with Gasteiger partial charge in [0.1, 0.15) is 11.3 Å². The molecule has 0 aliphatic carbocycles. The number of non-ortho nitro benzene ring substituents is 1. The van der Waals surface area contributed by atoms with Gasteiger partial charge in [-0.3, -0.25) is 19.7 Å². The van der Waals surface area contributed by atoms with Gasteiger partial charge in [0.15, 0.2) is 0 Å². The Morgan fingerprint density at radius 2 is 1.53 bits per heavy atom. The molecule has 0 unspecified atom stereocenters. The van der Waals surface area contributed by atoms with E-state index < -0.39 is 10.8 Å². The van der Waals surface area contributed by atoms with Crippen molar-refractivity contribution in [1.29, 1.82) is 0 Å². The average Bonchev–Trinajstić information content (AvgIpc) is 3.12.